The summed E-state index contributed by atoms with van der Waals surface area (Å²) in [4.78, 5) is 13.3. The van der Waals surface area contributed by atoms with Gasteiger partial charge in [0.25, 0.3) is 0 Å². The second-order valence-electron chi connectivity index (χ2n) is 5.44. The highest BCUT2D eigenvalue weighted by Gasteiger charge is 2.28. The van der Waals surface area contributed by atoms with E-state index in [0.29, 0.717) is 32.0 Å². The molecule has 1 amide bonds. The number of nitriles is 1. The zero-order valence-electron chi connectivity index (χ0n) is 12.0. The Morgan fingerprint density at radius 2 is 2.10 bits per heavy atom. The van der Waals surface area contributed by atoms with Gasteiger partial charge in [0.1, 0.15) is 12.4 Å². The number of carbonyl (C=O) groups is 1. The lowest BCUT2D eigenvalue weighted by molar-refractivity contribution is -0.128. The van der Waals surface area contributed by atoms with Crippen LogP contribution in [0.2, 0.25) is 0 Å². The first-order valence-corrected chi connectivity index (χ1v) is 7.00. The average Bonchev–Trinajstić information content (AvgIpc) is 2.80. The predicted molar refractivity (Wildman–Crippen MR) is 76.3 cm³/mol. The molecule has 106 valence electrons. The van der Waals surface area contributed by atoms with Crippen LogP contribution in [-0.2, 0) is 4.79 Å². The van der Waals surface area contributed by atoms with Crippen molar-refractivity contribution >= 4 is 5.91 Å². The summed E-state index contributed by atoms with van der Waals surface area (Å²) < 4.78 is 5.64. The minimum atomic E-state index is -0.159. The highest BCUT2D eigenvalue weighted by Crippen LogP contribution is 2.19. The number of hydrogen-bond donors (Lipinski definition) is 0. The van der Waals surface area contributed by atoms with Crippen LogP contribution < -0.4 is 4.74 Å². The third-order valence-electron chi connectivity index (χ3n) is 3.57. The van der Waals surface area contributed by atoms with Crippen LogP contribution in [0.3, 0.4) is 0 Å². The van der Waals surface area contributed by atoms with Crippen molar-refractivity contribution in [1.82, 2.24) is 4.90 Å². The molecule has 0 aromatic heterocycles. The van der Waals surface area contributed by atoms with Crippen molar-refractivity contribution in [2.75, 3.05) is 19.7 Å². The maximum Gasteiger partial charge on any atom is 0.224 e. The summed E-state index contributed by atoms with van der Waals surface area (Å²) in [6, 6.07) is 10.2. The minimum absolute atomic E-state index is 0.0512. The molecule has 1 unspecified atom stereocenters. The van der Waals surface area contributed by atoms with Gasteiger partial charge in [-0.3, -0.25) is 4.79 Å². The Morgan fingerprint density at radius 3 is 2.65 bits per heavy atom. The first-order valence-electron chi connectivity index (χ1n) is 7.00. The smallest absolute Gasteiger partial charge is 0.224 e. The van der Waals surface area contributed by atoms with Gasteiger partial charge in [-0.05, 0) is 23.6 Å². The third-order valence-corrected chi connectivity index (χ3v) is 3.57. The Hall–Kier alpha value is -2.02. The van der Waals surface area contributed by atoms with Gasteiger partial charge in [-0.2, -0.15) is 5.26 Å². The molecular formula is C16H20N2O2. The zero-order chi connectivity index (χ0) is 14.5. The maximum absolute atomic E-state index is 11.6. The number of amides is 1. The normalized spacial score (nSPS) is 18.4. The van der Waals surface area contributed by atoms with Crippen molar-refractivity contribution in [3.8, 4) is 11.8 Å². The summed E-state index contributed by atoms with van der Waals surface area (Å²) in [5.41, 5.74) is 1.28. The first-order chi connectivity index (χ1) is 9.60. The molecule has 1 fully saturated rings. The topological polar surface area (TPSA) is 53.3 Å². The van der Waals surface area contributed by atoms with E-state index in [0.717, 1.165) is 5.75 Å². The molecule has 0 bridgehead atoms. The van der Waals surface area contributed by atoms with Gasteiger partial charge in [0.2, 0.25) is 5.91 Å². The van der Waals surface area contributed by atoms with E-state index in [9.17, 15) is 4.79 Å². The van der Waals surface area contributed by atoms with Gasteiger partial charge in [0, 0.05) is 13.0 Å². The SMILES string of the molecule is CC(C)c1ccc(OCCN2CC(C#N)CC2=O)cc1. The quantitative estimate of drug-likeness (QED) is 0.827. The molecule has 0 spiro atoms. The van der Waals surface area contributed by atoms with Crippen molar-refractivity contribution in [3.63, 3.8) is 0 Å². The summed E-state index contributed by atoms with van der Waals surface area (Å²) in [6.45, 7) is 5.85. The predicted octanol–water partition coefficient (Wildman–Crippen LogP) is 2.56. The molecule has 20 heavy (non-hydrogen) atoms. The van der Waals surface area contributed by atoms with Crippen LogP contribution in [0.4, 0.5) is 0 Å². The van der Waals surface area contributed by atoms with Crippen LogP contribution in [0.25, 0.3) is 0 Å². The number of likely N-dealkylation sites (tertiary alicyclic amines) is 1. The van der Waals surface area contributed by atoms with Crippen molar-refractivity contribution in [2.24, 2.45) is 5.92 Å². The van der Waals surface area contributed by atoms with Gasteiger partial charge < -0.3 is 9.64 Å². The number of ether oxygens (including phenoxy) is 1. The molecule has 0 radical (unpaired) electrons. The van der Waals surface area contributed by atoms with Crippen molar-refractivity contribution in [2.45, 2.75) is 26.2 Å². The van der Waals surface area contributed by atoms with E-state index in [1.165, 1.54) is 5.56 Å². The van der Waals surface area contributed by atoms with E-state index in [4.69, 9.17) is 10.00 Å². The Kier molecular flexibility index (Phi) is 4.62. The molecule has 4 nitrogen and oxygen atoms in total. The first kappa shape index (κ1) is 14.4. The number of carbonyl (C=O) groups excluding carboxylic acids is 1. The van der Waals surface area contributed by atoms with E-state index in [-0.39, 0.29) is 11.8 Å². The molecule has 1 atom stereocenters. The Balaban J connectivity index is 1.79. The fourth-order valence-corrected chi connectivity index (χ4v) is 2.30. The molecule has 1 saturated heterocycles. The van der Waals surface area contributed by atoms with Gasteiger partial charge in [-0.1, -0.05) is 26.0 Å². The molecule has 0 saturated carbocycles. The molecule has 1 aliphatic heterocycles. The highest BCUT2D eigenvalue weighted by atomic mass is 16.5. The van der Waals surface area contributed by atoms with E-state index < -0.39 is 0 Å². The average molecular weight is 272 g/mol. The van der Waals surface area contributed by atoms with Crippen LogP contribution in [0, 0.1) is 17.2 Å². The monoisotopic (exact) mass is 272 g/mol. The molecule has 1 heterocycles. The summed E-state index contributed by atoms with van der Waals surface area (Å²) in [5, 5.41) is 8.82. The second-order valence-corrected chi connectivity index (χ2v) is 5.44. The third kappa shape index (κ3) is 3.51. The van der Waals surface area contributed by atoms with Gasteiger partial charge in [0.15, 0.2) is 0 Å². The van der Waals surface area contributed by atoms with Crippen LogP contribution in [0.5, 0.6) is 5.75 Å². The molecular weight excluding hydrogens is 252 g/mol. The fourth-order valence-electron chi connectivity index (χ4n) is 2.30. The van der Waals surface area contributed by atoms with Gasteiger partial charge >= 0.3 is 0 Å². The zero-order valence-corrected chi connectivity index (χ0v) is 12.0. The maximum atomic E-state index is 11.6. The van der Waals surface area contributed by atoms with Gasteiger partial charge in [0.05, 0.1) is 18.5 Å². The number of rotatable bonds is 5. The molecule has 0 N–H and O–H groups in total. The molecule has 1 aromatic rings. The van der Waals surface area contributed by atoms with Gasteiger partial charge in [-0.25, -0.2) is 0 Å². The Bertz CT molecular complexity index is 502. The van der Waals surface area contributed by atoms with Crippen LogP contribution in [0.1, 0.15) is 31.7 Å². The summed E-state index contributed by atoms with van der Waals surface area (Å²) in [6.07, 6.45) is 0.347. The van der Waals surface area contributed by atoms with E-state index in [1.807, 2.05) is 12.1 Å². The van der Waals surface area contributed by atoms with Crippen molar-refractivity contribution in [1.29, 1.82) is 5.26 Å². The second kappa shape index (κ2) is 6.42. The largest absolute Gasteiger partial charge is 0.492 e. The number of hydrogen-bond acceptors (Lipinski definition) is 3. The lowest BCUT2D eigenvalue weighted by atomic mass is 10.0. The minimum Gasteiger partial charge on any atom is -0.492 e. The Labute approximate surface area is 120 Å². The molecule has 4 heteroatoms. The van der Waals surface area contributed by atoms with Crippen LogP contribution in [-0.4, -0.2) is 30.5 Å². The van der Waals surface area contributed by atoms with E-state index in [1.54, 1.807) is 4.90 Å². The number of benzene rings is 1. The van der Waals surface area contributed by atoms with Gasteiger partial charge in [-0.15, -0.1) is 0 Å². The van der Waals surface area contributed by atoms with E-state index in [2.05, 4.69) is 32.0 Å². The van der Waals surface area contributed by atoms with Crippen molar-refractivity contribution < 1.29 is 9.53 Å². The molecule has 2 rings (SSSR count). The standard InChI is InChI=1S/C16H20N2O2/c1-12(2)14-3-5-15(6-4-14)20-8-7-18-11-13(10-17)9-16(18)19/h3-6,12-13H,7-9,11H2,1-2H3. The summed E-state index contributed by atoms with van der Waals surface area (Å²) in [7, 11) is 0. The van der Waals surface area contributed by atoms with Crippen molar-refractivity contribution in [3.05, 3.63) is 29.8 Å². The molecule has 0 aliphatic carbocycles. The lowest BCUT2D eigenvalue weighted by Crippen LogP contribution is -2.29. The van der Waals surface area contributed by atoms with Crippen LogP contribution >= 0.6 is 0 Å². The lowest BCUT2D eigenvalue weighted by Gasteiger charge is -2.16. The molecule has 1 aliphatic rings. The molecule has 1 aromatic carbocycles. The van der Waals surface area contributed by atoms with E-state index >= 15 is 0 Å². The van der Waals surface area contributed by atoms with Crippen LogP contribution in [0.15, 0.2) is 24.3 Å². The summed E-state index contributed by atoms with van der Waals surface area (Å²) in [5.74, 6) is 1.22. The fraction of sp³-hybridized carbons (Fsp3) is 0.500. The number of nitrogens with zero attached hydrogens (tertiary/aromatic N) is 2. The Morgan fingerprint density at radius 1 is 1.40 bits per heavy atom. The summed E-state index contributed by atoms with van der Waals surface area (Å²) >= 11 is 0. The highest BCUT2D eigenvalue weighted by molar-refractivity contribution is 5.79.